The van der Waals surface area contributed by atoms with Crippen molar-refractivity contribution in [2.45, 2.75) is 38.9 Å². The fourth-order valence-electron chi connectivity index (χ4n) is 2.84. The van der Waals surface area contributed by atoms with E-state index >= 15 is 0 Å². The molecule has 0 aromatic heterocycles. The van der Waals surface area contributed by atoms with Crippen LogP contribution in [0.15, 0.2) is 30.3 Å². The second-order valence-corrected chi connectivity index (χ2v) is 8.06. The molecule has 2 aromatic rings. The Bertz CT molecular complexity index is 764. The average Bonchev–Trinajstić information content (AvgIpc) is 2.59. The molecule has 26 heavy (non-hydrogen) atoms. The van der Waals surface area contributed by atoms with Gasteiger partial charge in [-0.2, -0.15) is 0 Å². The van der Waals surface area contributed by atoms with Crippen LogP contribution in [-0.2, 0) is 21.7 Å². The van der Waals surface area contributed by atoms with E-state index in [9.17, 15) is 9.90 Å². The molecule has 2 rings (SSSR count). The van der Waals surface area contributed by atoms with Gasteiger partial charge in [0.2, 0.25) is 0 Å². The number of ether oxygens (including phenoxy) is 1. The van der Waals surface area contributed by atoms with Crippen molar-refractivity contribution in [2.75, 3.05) is 12.9 Å². The molecule has 0 aliphatic rings. The number of thioether (sulfide) groups is 1. The summed E-state index contributed by atoms with van der Waals surface area (Å²) in [5, 5.41) is 10.7. The van der Waals surface area contributed by atoms with E-state index in [-0.39, 0.29) is 11.9 Å². The number of methoxy groups -OCH3 is 1. The van der Waals surface area contributed by atoms with Crippen molar-refractivity contribution < 1.29 is 14.6 Å². The van der Waals surface area contributed by atoms with Gasteiger partial charge < -0.3 is 9.84 Å². The fraction of sp³-hybridized carbons (Fsp3) is 0.381. The van der Waals surface area contributed by atoms with Gasteiger partial charge in [0.1, 0.15) is 5.75 Å². The lowest BCUT2D eigenvalue weighted by molar-refractivity contribution is -0.137. The number of rotatable bonds is 7. The number of carbonyl (C=O) groups is 1. The summed E-state index contributed by atoms with van der Waals surface area (Å²) in [5.74, 6) is 1.43. The van der Waals surface area contributed by atoms with Crippen molar-refractivity contribution >= 4 is 29.3 Å². The van der Waals surface area contributed by atoms with Crippen molar-refractivity contribution in [3.05, 3.63) is 63.2 Å². The minimum absolute atomic E-state index is 0.220. The molecule has 0 heterocycles. The number of esters is 1. The number of aromatic hydroxyl groups is 1. The van der Waals surface area contributed by atoms with E-state index in [2.05, 4.69) is 37.6 Å². The Morgan fingerprint density at radius 3 is 2.58 bits per heavy atom. The van der Waals surface area contributed by atoms with E-state index in [4.69, 9.17) is 11.6 Å². The van der Waals surface area contributed by atoms with Gasteiger partial charge in [0.25, 0.3) is 0 Å². The molecule has 0 aliphatic carbocycles. The predicted octanol–water partition coefficient (Wildman–Crippen LogP) is 5.47. The third kappa shape index (κ3) is 5.42. The highest BCUT2D eigenvalue weighted by Gasteiger charge is 2.12. The van der Waals surface area contributed by atoms with Crippen LogP contribution in [-0.4, -0.2) is 23.9 Å². The first-order chi connectivity index (χ1) is 12.3. The summed E-state index contributed by atoms with van der Waals surface area (Å²) in [6, 6.07) is 9.84. The second-order valence-electron chi connectivity index (χ2n) is 6.67. The lowest BCUT2D eigenvalue weighted by Crippen LogP contribution is -2.03. The Morgan fingerprint density at radius 1 is 1.23 bits per heavy atom. The molecule has 0 radical (unpaired) electrons. The Hall–Kier alpha value is -1.65. The zero-order chi connectivity index (χ0) is 19.3. The number of hydrogen-bond donors (Lipinski definition) is 1. The van der Waals surface area contributed by atoms with E-state index in [1.807, 2.05) is 12.1 Å². The lowest BCUT2D eigenvalue weighted by Gasteiger charge is -2.14. The number of benzene rings is 2. The molecule has 0 bridgehead atoms. The monoisotopic (exact) mass is 392 g/mol. The van der Waals surface area contributed by atoms with Crippen LogP contribution in [0.4, 0.5) is 0 Å². The maximum atomic E-state index is 11.2. The largest absolute Gasteiger partial charge is 0.508 e. The van der Waals surface area contributed by atoms with E-state index < -0.39 is 0 Å². The standard InChI is InChI=1S/C21H25ClO3S/c1-13(2)17-8-15(5-6-20(17)23)9-18-14(3)7-16(10-19(18)22)11-26-12-21(24)25-4/h5-8,10,13,23H,9,11-12H2,1-4H3. The Labute approximate surface area is 164 Å². The van der Waals surface area contributed by atoms with Gasteiger partial charge in [-0.15, -0.1) is 11.8 Å². The van der Waals surface area contributed by atoms with Gasteiger partial charge in [-0.3, -0.25) is 4.79 Å². The van der Waals surface area contributed by atoms with E-state index in [0.717, 1.165) is 39.3 Å². The Balaban J connectivity index is 2.15. The van der Waals surface area contributed by atoms with Crippen LogP contribution in [0.3, 0.4) is 0 Å². The molecule has 140 valence electrons. The minimum Gasteiger partial charge on any atom is -0.508 e. The van der Waals surface area contributed by atoms with Crippen LogP contribution in [0.1, 0.15) is 47.6 Å². The molecule has 0 atom stereocenters. The number of phenolic OH excluding ortho intramolecular Hbond substituents is 1. The van der Waals surface area contributed by atoms with Gasteiger partial charge in [-0.25, -0.2) is 0 Å². The highest BCUT2D eigenvalue weighted by atomic mass is 35.5. The molecule has 0 aliphatic heterocycles. The molecule has 0 fully saturated rings. The summed E-state index contributed by atoms with van der Waals surface area (Å²) >= 11 is 8.05. The zero-order valence-corrected chi connectivity index (χ0v) is 17.2. The topological polar surface area (TPSA) is 46.5 Å². The zero-order valence-electron chi connectivity index (χ0n) is 15.6. The molecular formula is C21H25ClO3S. The average molecular weight is 393 g/mol. The molecule has 0 saturated heterocycles. The van der Waals surface area contributed by atoms with Crippen LogP contribution >= 0.6 is 23.4 Å². The molecule has 0 saturated carbocycles. The number of hydrogen-bond acceptors (Lipinski definition) is 4. The number of halogens is 1. The van der Waals surface area contributed by atoms with Gasteiger partial charge in [0, 0.05) is 10.8 Å². The normalized spacial score (nSPS) is 11.0. The van der Waals surface area contributed by atoms with Crippen molar-refractivity contribution in [1.82, 2.24) is 0 Å². The second kappa shape index (κ2) is 9.33. The summed E-state index contributed by atoms with van der Waals surface area (Å²) in [5.41, 5.74) is 5.40. The molecule has 5 heteroatoms. The van der Waals surface area contributed by atoms with Crippen LogP contribution in [0.5, 0.6) is 5.75 Å². The van der Waals surface area contributed by atoms with Gasteiger partial charge in [0.15, 0.2) is 0 Å². The smallest absolute Gasteiger partial charge is 0.315 e. The van der Waals surface area contributed by atoms with Crippen molar-refractivity contribution in [3.8, 4) is 5.75 Å². The Morgan fingerprint density at radius 2 is 1.96 bits per heavy atom. The Kier molecular flexibility index (Phi) is 7.42. The fourth-order valence-corrected chi connectivity index (χ4v) is 3.99. The van der Waals surface area contributed by atoms with E-state index in [1.165, 1.54) is 18.9 Å². The molecule has 1 N–H and O–H groups in total. The summed E-state index contributed by atoms with van der Waals surface area (Å²) in [6.07, 6.45) is 0.722. The van der Waals surface area contributed by atoms with Crippen molar-refractivity contribution in [1.29, 1.82) is 0 Å². The molecule has 0 spiro atoms. The first kappa shape index (κ1) is 20.7. The maximum absolute atomic E-state index is 11.2. The molecule has 0 amide bonds. The SMILES string of the molecule is COC(=O)CSCc1cc(C)c(Cc2ccc(O)c(C(C)C)c2)c(Cl)c1. The third-order valence-electron chi connectivity index (χ3n) is 4.29. The van der Waals surface area contributed by atoms with Gasteiger partial charge in [-0.05, 0) is 59.2 Å². The van der Waals surface area contributed by atoms with Crippen LogP contribution < -0.4 is 0 Å². The molecular weight excluding hydrogens is 368 g/mol. The summed E-state index contributed by atoms with van der Waals surface area (Å²) in [6.45, 7) is 6.19. The van der Waals surface area contributed by atoms with E-state index in [0.29, 0.717) is 17.3 Å². The van der Waals surface area contributed by atoms with E-state index in [1.54, 1.807) is 6.07 Å². The number of phenols is 1. The summed E-state index contributed by atoms with van der Waals surface area (Å²) < 4.78 is 4.65. The first-order valence-corrected chi connectivity index (χ1v) is 10.1. The third-order valence-corrected chi connectivity index (χ3v) is 5.60. The van der Waals surface area contributed by atoms with Crippen molar-refractivity contribution in [2.24, 2.45) is 0 Å². The van der Waals surface area contributed by atoms with Gasteiger partial charge in [-0.1, -0.05) is 43.6 Å². The van der Waals surface area contributed by atoms with Crippen molar-refractivity contribution in [3.63, 3.8) is 0 Å². The first-order valence-electron chi connectivity index (χ1n) is 8.56. The number of aryl methyl sites for hydroxylation is 1. The van der Waals surface area contributed by atoms with Gasteiger partial charge >= 0.3 is 5.97 Å². The maximum Gasteiger partial charge on any atom is 0.315 e. The minimum atomic E-state index is -0.220. The van der Waals surface area contributed by atoms with Crippen LogP contribution in [0.25, 0.3) is 0 Å². The molecule has 2 aromatic carbocycles. The summed E-state index contributed by atoms with van der Waals surface area (Å²) in [7, 11) is 1.40. The lowest BCUT2D eigenvalue weighted by atomic mass is 9.94. The predicted molar refractivity (Wildman–Crippen MR) is 109 cm³/mol. The quantitative estimate of drug-likeness (QED) is 0.634. The van der Waals surface area contributed by atoms with Crippen LogP contribution in [0.2, 0.25) is 5.02 Å². The molecule has 0 unspecified atom stereocenters. The highest BCUT2D eigenvalue weighted by molar-refractivity contribution is 7.99. The van der Waals surface area contributed by atoms with Gasteiger partial charge in [0.05, 0.1) is 12.9 Å². The molecule has 3 nitrogen and oxygen atoms in total. The highest BCUT2D eigenvalue weighted by Crippen LogP contribution is 2.30. The summed E-state index contributed by atoms with van der Waals surface area (Å²) in [4.78, 5) is 11.2. The van der Waals surface area contributed by atoms with Crippen LogP contribution in [0, 0.1) is 6.92 Å². The number of carbonyl (C=O) groups excluding carboxylic acids is 1.